The van der Waals surface area contributed by atoms with Crippen LogP contribution in [-0.2, 0) is 0 Å². The molecule has 0 atom stereocenters. The third kappa shape index (κ3) is 2.42. The fourth-order valence-corrected chi connectivity index (χ4v) is 1.12. The van der Waals surface area contributed by atoms with Gasteiger partial charge in [-0.1, -0.05) is 0 Å². The molecule has 0 unspecified atom stereocenters. The van der Waals surface area contributed by atoms with Crippen molar-refractivity contribution in [2.24, 2.45) is 0 Å². The van der Waals surface area contributed by atoms with Crippen LogP contribution in [0.4, 0.5) is 0 Å². The molecule has 1 aromatic rings. The van der Waals surface area contributed by atoms with Crippen LogP contribution >= 0.6 is 0 Å². The highest BCUT2D eigenvalue weighted by Gasteiger charge is 2.14. The van der Waals surface area contributed by atoms with Crippen molar-refractivity contribution < 1.29 is 19.1 Å². The van der Waals surface area contributed by atoms with Crippen LogP contribution in [0.1, 0.15) is 10.4 Å². The molecule has 1 aromatic carbocycles. The molecule has 0 aromatic heterocycles. The summed E-state index contributed by atoms with van der Waals surface area (Å²) in [4.78, 5) is 14.1. The monoisotopic (exact) mass is 206 g/mol. The van der Waals surface area contributed by atoms with Gasteiger partial charge < -0.3 is 15.0 Å². The van der Waals surface area contributed by atoms with Crippen LogP contribution in [0.25, 0.3) is 5.53 Å². The van der Waals surface area contributed by atoms with Crippen LogP contribution < -0.4 is 9.47 Å². The molecule has 78 valence electrons. The fraction of sp³-hybridized carbons (Fsp3) is 0.200. The summed E-state index contributed by atoms with van der Waals surface area (Å²) in [6, 6.07) is 4.75. The number of ether oxygens (including phenoxy) is 2. The van der Waals surface area contributed by atoms with Gasteiger partial charge in [-0.3, -0.25) is 4.79 Å². The highest BCUT2D eigenvalue weighted by molar-refractivity contribution is 6.34. The smallest absolute Gasteiger partial charge is 0.328 e. The van der Waals surface area contributed by atoms with Gasteiger partial charge in [0.25, 0.3) is 5.78 Å². The molecule has 0 aliphatic rings. The summed E-state index contributed by atoms with van der Waals surface area (Å²) in [5.74, 6) is 0.528. The lowest BCUT2D eigenvalue weighted by atomic mass is 10.1. The van der Waals surface area contributed by atoms with Crippen molar-refractivity contribution in [1.29, 1.82) is 0 Å². The number of Topliss-reactive ketones (excluding diaryl/α,β-unsaturated/α-hetero) is 1. The molecule has 1 rings (SSSR count). The van der Waals surface area contributed by atoms with Gasteiger partial charge in [0.15, 0.2) is 0 Å². The highest BCUT2D eigenvalue weighted by Crippen LogP contribution is 2.24. The third-order valence-corrected chi connectivity index (χ3v) is 1.85. The molecular weight excluding hydrogens is 196 g/mol. The van der Waals surface area contributed by atoms with E-state index >= 15 is 0 Å². The van der Waals surface area contributed by atoms with Gasteiger partial charge in [0, 0.05) is 6.07 Å². The van der Waals surface area contributed by atoms with Gasteiger partial charge in [-0.05, 0) is 12.1 Å². The minimum absolute atomic E-state index is 0.316. The van der Waals surface area contributed by atoms with Gasteiger partial charge in [-0.2, -0.15) is 4.79 Å². The van der Waals surface area contributed by atoms with E-state index < -0.39 is 5.78 Å². The van der Waals surface area contributed by atoms with E-state index in [2.05, 4.69) is 4.79 Å². The topological polar surface area (TPSA) is 71.9 Å². The van der Waals surface area contributed by atoms with Crippen molar-refractivity contribution in [1.82, 2.24) is 0 Å². The summed E-state index contributed by atoms with van der Waals surface area (Å²) < 4.78 is 9.99. The Balaban J connectivity index is 3.18. The Bertz CT molecular complexity index is 423. The number of benzene rings is 1. The maximum absolute atomic E-state index is 11.4. The maximum Gasteiger partial charge on any atom is 0.328 e. The van der Waals surface area contributed by atoms with E-state index in [1.807, 2.05) is 0 Å². The first kappa shape index (κ1) is 10.9. The molecule has 0 N–H and O–H groups in total. The summed E-state index contributed by atoms with van der Waals surface area (Å²) in [6.07, 6.45) is 0.810. The molecule has 0 saturated heterocycles. The molecule has 15 heavy (non-hydrogen) atoms. The van der Waals surface area contributed by atoms with Crippen molar-refractivity contribution in [3.8, 4) is 11.5 Å². The van der Waals surface area contributed by atoms with Crippen LogP contribution in [0.5, 0.6) is 11.5 Å². The van der Waals surface area contributed by atoms with Gasteiger partial charge >= 0.3 is 6.21 Å². The first-order chi connectivity index (χ1) is 7.22. The second-order valence-corrected chi connectivity index (χ2v) is 2.68. The van der Waals surface area contributed by atoms with Crippen LogP contribution in [0, 0.1) is 0 Å². The van der Waals surface area contributed by atoms with E-state index in [1.165, 1.54) is 14.2 Å². The Kier molecular flexibility index (Phi) is 3.60. The van der Waals surface area contributed by atoms with Crippen LogP contribution in [0.2, 0.25) is 0 Å². The van der Waals surface area contributed by atoms with Crippen LogP contribution in [0.15, 0.2) is 18.2 Å². The van der Waals surface area contributed by atoms with E-state index in [4.69, 9.17) is 15.0 Å². The normalized spacial score (nSPS) is 8.93. The standard InChI is InChI=1S/C10H10N2O3/c1-14-7-3-4-8(9(13)6-12-11)10(5-7)15-2/h3-6H,1-2H3. The Hall–Kier alpha value is -2.13. The lowest BCUT2D eigenvalue weighted by molar-refractivity contribution is 0.00232. The van der Waals surface area contributed by atoms with E-state index in [0.717, 1.165) is 6.21 Å². The molecule has 0 aliphatic heterocycles. The fourth-order valence-electron chi connectivity index (χ4n) is 1.12. The molecule has 0 fully saturated rings. The zero-order valence-electron chi connectivity index (χ0n) is 8.43. The lowest BCUT2D eigenvalue weighted by Crippen LogP contribution is -2.04. The first-order valence-electron chi connectivity index (χ1n) is 4.16. The predicted octanol–water partition coefficient (Wildman–Crippen LogP) is 1.19. The van der Waals surface area contributed by atoms with E-state index in [0.29, 0.717) is 17.1 Å². The molecule has 5 nitrogen and oxygen atoms in total. The molecule has 0 bridgehead atoms. The second kappa shape index (κ2) is 4.93. The van der Waals surface area contributed by atoms with Gasteiger partial charge in [-0.25, -0.2) is 0 Å². The minimum atomic E-state index is -0.433. The van der Waals surface area contributed by atoms with E-state index in [9.17, 15) is 4.79 Å². The molecule has 0 radical (unpaired) electrons. The summed E-state index contributed by atoms with van der Waals surface area (Å²) >= 11 is 0. The summed E-state index contributed by atoms with van der Waals surface area (Å²) in [6.45, 7) is 0. The Labute approximate surface area is 86.9 Å². The first-order valence-corrected chi connectivity index (χ1v) is 4.16. The molecule has 5 heteroatoms. The van der Waals surface area contributed by atoms with E-state index in [-0.39, 0.29) is 0 Å². The number of carbonyl (C=O) groups is 1. The molecule has 0 saturated carbocycles. The predicted molar refractivity (Wildman–Crippen MR) is 53.6 cm³/mol. The van der Waals surface area contributed by atoms with Crippen LogP contribution in [0.3, 0.4) is 0 Å². The second-order valence-electron chi connectivity index (χ2n) is 2.68. The van der Waals surface area contributed by atoms with Gasteiger partial charge in [0.1, 0.15) is 11.5 Å². The SMILES string of the molecule is COc1ccc(C(=O)C=[N+]=[N-])c(OC)c1. The van der Waals surface area contributed by atoms with Gasteiger partial charge in [-0.15, -0.1) is 0 Å². The number of ketones is 1. The Morgan fingerprint density at radius 3 is 2.67 bits per heavy atom. The number of rotatable bonds is 4. The maximum atomic E-state index is 11.4. The van der Waals surface area contributed by atoms with Gasteiger partial charge in [0.05, 0.1) is 19.8 Å². The van der Waals surface area contributed by atoms with Crippen molar-refractivity contribution in [2.75, 3.05) is 14.2 Å². The number of methoxy groups -OCH3 is 2. The largest absolute Gasteiger partial charge is 0.497 e. The highest BCUT2D eigenvalue weighted by atomic mass is 16.5. The van der Waals surface area contributed by atoms with Crippen LogP contribution in [-0.4, -0.2) is 31.0 Å². The Morgan fingerprint density at radius 1 is 1.40 bits per heavy atom. The average Bonchev–Trinajstić information content (AvgIpc) is 2.28. The number of hydrogen-bond acceptors (Lipinski definition) is 3. The summed E-state index contributed by atoms with van der Waals surface area (Å²) in [7, 11) is 2.97. The van der Waals surface area contributed by atoms with Crippen molar-refractivity contribution >= 4 is 12.0 Å². The third-order valence-electron chi connectivity index (χ3n) is 1.85. The Morgan fingerprint density at radius 2 is 2.13 bits per heavy atom. The molecular formula is C10H10N2O3. The molecule has 0 amide bonds. The molecule has 0 spiro atoms. The number of hydrogen-bond donors (Lipinski definition) is 0. The van der Waals surface area contributed by atoms with Crippen molar-refractivity contribution in [3.63, 3.8) is 0 Å². The zero-order valence-corrected chi connectivity index (χ0v) is 8.43. The number of carbonyl (C=O) groups excluding carboxylic acids is 1. The van der Waals surface area contributed by atoms with E-state index in [1.54, 1.807) is 18.2 Å². The van der Waals surface area contributed by atoms with Gasteiger partial charge in [0.2, 0.25) is 0 Å². The number of nitrogens with zero attached hydrogens (tertiary/aromatic N) is 2. The minimum Gasteiger partial charge on any atom is -0.497 e. The lowest BCUT2D eigenvalue weighted by Gasteiger charge is -2.06. The van der Waals surface area contributed by atoms with Crippen molar-refractivity contribution in [3.05, 3.63) is 29.3 Å². The zero-order chi connectivity index (χ0) is 11.3. The average molecular weight is 206 g/mol. The quantitative estimate of drug-likeness (QED) is 0.321. The molecule has 0 aliphatic carbocycles. The summed E-state index contributed by atoms with van der Waals surface area (Å²) in [5, 5.41) is 0. The van der Waals surface area contributed by atoms with Crippen molar-refractivity contribution in [2.45, 2.75) is 0 Å². The molecule has 0 heterocycles. The summed E-state index contributed by atoms with van der Waals surface area (Å²) in [5.41, 5.74) is 8.56.